The van der Waals surface area contributed by atoms with Crippen molar-refractivity contribution in [2.24, 2.45) is 0 Å². The lowest BCUT2D eigenvalue weighted by molar-refractivity contribution is -0.138. The highest BCUT2D eigenvalue weighted by Gasteiger charge is 2.05. The van der Waals surface area contributed by atoms with Crippen LogP contribution in [0.15, 0.2) is 47.2 Å². The summed E-state index contributed by atoms with van der Waals surface area (Å²) >= 11 is 1.57. The molecular weight excluding hydrogens is 288 g/mol. The quantitative estimate of drug-likeness (QED) is 0.628. The van der Waals surface area contributed by atoms with Crippen molar-refractivity contribution in [1.82, 2.24) is 0 Å². The van der Waals surface area contributed by atoms with E-state index in [4.69, 9.17) is 4.74 Å². The van der Waals surface area contributed by atoms with Gasteiger partial charge in [0.05, 0.1) is 12.7 Å². The van der Waals surface area contributed by atoms with Crippen molar-refractivity contribution in [2.75, 3.05) is 7.11 Å². The van der Waals surface area contributed by atoms with E-state index >= 15 is 0 Å². The molecule has 0 atom stereocenters. The predicted molar refractivity (Wildman–Crippen MR) is 80.9 cm³/mol. The molecule has 0 radical (unpaired) electrons. The molecule has 0 unspecified atom stereocenters. The Kier molecular flexibility index (Phi) is 5.29. The molecule has 0 fully saturated rings. The van der Waals surface area contributed by atoms with Gasteiger partial charge in [-0.15, -0.1) is 0 Å². The number of carbonyl (C=O) groups excluding carboxylic acids is 2. The van der Waals surface area contributed by atoms with E-state index in [9.17, 15) is 9.59 Å². The Morgan fingerprint density at radius 1 is 1.19 bits per heavy atom. The molecule has 21 heavy (non-hydrogen) atoms. The summed E-state index contributed by atoms with van der Waals surface area (Å²) in [5.74, 6) is -0.796. The standard InChI is InChI=1S/C16H14O4S/c1-19-16(18)14-5-2-12(3-6-14)10-20-15(17)7-4-13-8-9-21-11-13/h2-9,11H,10H2,1H3/b7-4+. The van der Waals surface area contributed by atoms with Gasteiger partial charge in [-0.05, 0) is 46.2 Å². The number of hydrogen-bond donors (Lipinski definition) is 0. The first kappa shape index (κ1) is 15.0. The van der Waals surface area contributed by atoms with Crippen molar-refractivity contribution in [3.63, 3.8) is 0 Å². The minimum Gasteiger partial charge on any atom is -0.465 e. The van der Waals surface area contributed by atoms with Crippen molar-refractivity contribution < 1.29 is 19.1 Å². The summed E-state index contributed by atoms with van der Waals surface area (Å²) in [5, 5.41) is 3.88. The molecule has 0 aliphatic heterocycles. The van der Waals surface area contributed by atoms with Crippen LogP contribution in [0.1, 0.15) is 21.5 Å². The first-order chi connectivity index (χ1) is 10.2. The summed E-state index contributed by atoms with van der Waals surface area (Å²) in [6.07, 6.45) is 3.10. The van der Waals surface area contributed by atoms with Gasteiger partial charge in [0.15, 0.2) is 0 Å². The van der Waals surface area contributed by atoms with Crippen LogP contribution in [0.3, 0.4) is 0 Å². The smallest absolute Gasteiger partial charge is 0.337 e. The number of methoxy groups -OCH3 is 1. The van der Waals surface area contributed by atoms with Gasteiger partial charge in [-0.3, -0.25) is 0 Å². The molecule has 1 heterocycles. The Morgan fingerprint density at radius 3 is 2.57 bits per heavy atom. The Morgan fingerprint density at radius 2 is 1.95 bits per heavy atom. The predicted octanol–water partition coefficient (Wildman–Crippen LogP) is 3.29. The maximum atomic E-state index is 11.6. The largest absolute Gasteiger partial charge is 0.465 e. The molecule has 0 aliphatic carbocycles. The monoisotopic (exact) mass is 302 g/mol. The van der Waals surface area contributed by atoms with Crippen LogP contribution in [0, 0.1) is 0 Å². The summed E-state index contributed by atoms with van der Waals surface area (Å²) in [6, 6.07) is 8.64. The maximum Gasteiger partial charge on any atom is 0.337 e. The minimum absolute atomic E-state index is 0.161. The molecule has 0 aliphatic rings. The molecule has 0 bridgehead atoms. The van der Waals surface area contributed by atoms with E-state index in [-0.39, 0.29) is 6.61 Å². The van der Waals surface area contributed by atoms with Crippen LogP contribution < -0.4 is 0 Å². The third kappa shape index (κ3) is 4.57. The topological polar surface area (TPSA) is 52.6 Å². The zero-order chi connectivity index (χ0) is 15.1. The van der Waals surface area contributed by atoms with Crippen LogP contribution in [-0.2, 0) is 20.9 Å². The average Bonchev–Trinajstić information content (AvgIpc) is 3.04. The van der Waals surface area contributed by atoms with Crippen molar-refractivity contribution in [3.8, 4) is 0 Å². The second-order valence-corrected chi connectivity index (χ2v) is 4.97. The number of esters is 2. The molecule has 0 spiro atoms. The molecule has 5 heteroatoms. The first-order valence-corrected chi connectivity index (χ1v) is 7.17. The zero-order valence-electron chi connectivity index (χ0n) is 11.4. The van der Waals surface area contributed by atoms with Crippen LogP contribution >= 0.6 is 11.3 Å². The Balaban J connectivity index is 1.85. The lowest BCUT2D eigenvalue weighted by Gasteiger charge is -2.03. The Bertz CT molecular complexity index is 627. The van der Waals surface area contributed by atoms with Gasteiger partial charge in [-0.1, -0.05) is 12.1 Å². The molecule has 0 amide bonds. The lowest BCUT2D eigenvalue weighted by Crippen LogP contribution is -2.03. The summed E-state index contributed by atoms with van der Waals surface area (Å²) < 4.78 is 9.72. The van der Waals surface area contributed by atoms with E-state index in [0.29, 0.717) is 5.56 Å². The Labute approximate surface area is 126 Å². The maximum absolute atomic E-state index is 11.6. The molecule has 2 rings (SSSR count). The fourth-order valence-electron chi connectivity index (χ4n) is 1.59. The van der Waals surface area contributed by atoms with Gasteiger partial charge in [0.1, 0.15) is 6.61 Å². The van der Waals surface area contributed by atoms with Gasteiger partial charge < -0.3 is 9.47 Å². The third-order valence-corrected chi connectivity index (χ3v) is 3.41. The second kappa shape index (κ2) is 7.40. The van der Waals surface area contributed by atoms with Crippen LogP contribution in [0.2, 0.25) is 0 Å². The zero-order valence-corrected chi connectivity index (χ0v) is 12.3. The fourth-order valence-corrected chi connectivity index (χ4v) is 2.22. The molecule has 4 nitrogen and oxygen atoms in total. The molecule has 1 aromatic carbocycles. The first-order valence-electron chi connectivity index (χ1n) is 6.23. The summed E-state index contributed by atoms with van der Waals surface area (Å²) in [5.41, 5.74) is 2.24. The van der Waals surface area contributed by atoms with Crippen molar-refractivity contribution >= 4 is 29.4 Å². The van der Waals surface area contributed by atoms with E-state index in [2.05, 4.69) is 4.74 Å². The van der Waals surface area contributed by atoms with Gasteiger partial charge in [-0.25, -0.2) is 9.59 Å². The van der Waals surface area contributed by atoms with Crippen molar-refractivity contribution in [3.05, 3.63) is 63.9 Å². The third-order valence-electron chi connectivity index (χ3n) is 2.71. The van der Waals surface area contributed by atoms with Gasteiger partial charge in [0.25, 0.3) is 0 Å². The average molecular weight is 302 g/mol. The van der Waals surface area contributed by atoms with Crippen molar-refractivity contribution in [1.29, 1.82) is 0 Å². The molecule has 1 aromatic heterocycles. The number of carbonyl (C=O) groups is 2. The molecule has 0 saturated carbocycles. The molecule has 108 valence electrons. The number of ether oxygens (including phenoxy) is 2. The number of hydrogen-bond acceptors (Lipinski definition) is 5. The van der Waals surface area contributed by atoms with E-state index in [1.54, 1.807) is 41.7 Å². The minimum atomic E-state index is -0.404. The van der Waals surface area contributed by atoms with Gasteiger partial charge in [0.2, 0.25) is 0 Å². The SMILES string of the molecule is COC(=O)c1ccc(COC(=O)/C=C/c2ccsc2)cc1. The molecule has 2 aromatic rings. The fraction of sp³-hybridized carbons (Fsp3) is 0.125. The summed E-state index contributed by atoms with van der Waals surface area (Å²) in [4.78, 5) is 22.8. The summed E-state index contributed by atoms with van der Waals surface area (Å²) in [6.45, 7) is 0.161. The van der Waals surface area contributed by atoms with Crippen molar-refractivity contribution in [2.45, 2.75) is 6.61 Å². The van der Waals surface area contributed by atoms with Crippen LogP contribution in [0.25, 0.3) is 6.08 Å². The van der Waals surface area contributed by atoms with Gasteiger partial charge in [-0.2, -0.15) is 11.3 Å². The highest BCUT2D eigenvalue weighted by molar-refractivity contribution is 7.08. The van der Waals surface area contributed by atoms with Crippen LogP contribution in [0.4, 0.5) is 0 Å². The second-order valence-electron chi connectivity index (χ2n) is 4.19. The number of benzene rings is 1. The highest BCUT2D eigenvalue weighted by atomic mass is 32.1. The normalized spacial score (nSPS) is 10.5. The molecule has 0 saturated heterocycles. The van der Waals surface area contributed by atoms with Crippen LogP contribution in [-0.4, -0.2) is 19.0 Å². The number of rotatable bonds is 5. The molecule has 0 N–H and O–H groups in total. The summed E-state index contributed by atoms with van der Waals surface area (Å²) in [7, 11) is 1.33. The Hall–Kier alpha value is -2.40. The van der Waals surface area contributed by atoms with Crippen LogP contribution in [0.5, 0.6) is 0 Å². The van der Waals surface area contributed by atoms with E-state index in [1.165, 1.54) is 13.2 Å². The lowest BCUT2D eigenvalue weighted by atomic mass is 10.1. The highest BCUT2D eigenvalue weighted by Crippen LogP contribution is 2.09. The van der Waals surface area contributed by atoms with E-state index in [1.807, 2.05) is 16.8 Å². The van der Waals surface area contributed by atoms with Gasteiger partial charge in [0, 0.05) is 6.08 Å². The van der Waals surface area contributed by atoms with E-state index < -0.39 is 11.9 Å². The van der Waals surface area contributed by atoms with E-state index in [0.717, 1.165) is 11.1 Å². The number of thiophene rings is 1. The van der Waals surface area contributed by atoms with Gasteiger partial charge >= 0.3 is 11.9 Å². The molecular formula is C16H14O4S.